The zero-order chi connectivity index (χ0) is 16.9. The number of amides is 1. The van der Waals surface area contributed by atoms with E-state index in [4.69, 9.17) is 4.74 Å². The zero-order valence-electron chi connectivity index (χ0n) is 14.2. The number of benzene rings is 1. The fourth-order valence-electron chi connectivity index (χ4n) is 2.97. The van der Waals surface area contributed by atoms with Gasteiger partial charge in [0.05, 0.1) is 12.8 Å². The summed E-state index contributed by atoms with van der Waals surface area (Å²) in [5.74, 6) is 2.74. The first kappa shape index (κ1) is 16.9. The molecule has 0 bridgehead atoms. The molecule has 0 saturated carbocycles. The minimum atomic E-state index is 0.0723. The minimum absolute atomic E-state index is 0.0723. The largest absolute Gasteiger partial charge is 0.497 e. The molecule has 1 heterocycles. The summed E-state index contributed by atoms with van der Waals surface area (Å²) in [6, 6.07) is 8.00. The van der Waals surface area contributed by atoms with Gasteiger partial charge in [0.2, 0.25) is 5.91 Å². The zero-order valence-corrected chi connectivity index (χ0v) is 15.0. The Labute approximate surface area is 146 Å². The smallest absolute Gasteiger partial charge is 0.225 e. The quantitative estimate of drug-likeness (QED) is 0.617. The monoisotopic (exact) mass is 345 g/mol. The molecule has 0 unspecified atom stereocenters. The number of anilines is 1. The second-order valence-corrected chi connectivity index (χ2v) is 7.10. The summed E-state index contributed by atoms with van der Waals surface area (Å²) in [7, 11) is 3.56. The molecule has 1 amide bonds. The van der Waals surface area contributed by atoms with Crippen molar-refractivity contribution in [2.24, 2.45) is 7.05 Å². The number of nitrogens with one attached hydrogen (secondary N) is 1. The van der Waals surface area contributed by atoms with Gasteiger partial charge < -0.3 is 10.1 Å². The van der Waals surface area contributed by atoms with Crippen LogP contribution in [0.25, 0.3) is 0 Å². The SMILES string of the molecule is COc1ccc(SCCCC(=O)Nc2c3c(nn2C)CCC3)cc1. The Morgan fingerprint density at radius 1 is 1.33 bits per heavy atom. The third-order valence-electron chi connectivity index (χ3n) is 4.20. The van der Waals surface area contributed by atoms with Crippen molar-refractivity contribution in [3.05, 3.63) is 35.5 Å². The summed E-state index contributed by atoms with van der Waals surface area (Å²) >= 11 is 1.76. The number of methoxy groups -OCH3 is 1. The maximum Gasteiger partial charge on any atom is 0.225 e. The van der Waals surface area contributed by atoms with Crippen LogP contribution in [0.5, 0.6) is 5.75 Å². The van der Waals surface area contributed by atoms with E-state index in [1.165, 1.54) is 10.5 Å². The van der Waals surface area contributed by atoms with Gasteiger partial charge in [0.1, 0.15) is 11.6 Å². The van der Waals surface area contributed by atoms with E-state index in [0.29, 0.717) is 6.42 Å². The number of aromatic nitrogens is 2. The summed E-state index contributed by atoms with van der Waals surface area (Å²) in [4.78, 5) is 13.4. The number of ether oxygens (including phenoxy) is 1. The van der Waals surface area contributed by atoms with Crippen LogP contribution in [0.2, 0.25) is 0 Å². The Morgan fingerprint density at radius 3 is 2.88 bits per heavy atom. The fourth-order valence-corrected chi connectivity index (χ4v) is 3.82. The van der Waals surface area contributed by atoms with E-state index in [0.717, 1.165) is 48.7 Å². The van der Waals surface area contributed by atoms with E-state index in [1.807, 2.05) is 31.3 Å². The van der Waals surface area contributed by atoms with Gasteiger partial charge in [-0.15, -0.1) is 11.8 Å². The number of nitrogens with zero attached hydrogens (tertiary/aromatic N) is 2. The van der Waals surface area contributed by atoms with Gasteiger partial charge in [0.15, 0.2) is 0 Å². The molecule has 5 nitrogen and oxygen atoms in total. The first-order valence-corrected chi connectivity index (χ1v) is 9.27. The number of aryl methyl sites for hydroxylation is 2. The second-order valence-electron chi connectivity index (χ2n) is 5.93. The summed E-state index contributed by atoms with van der Waals surface area (Å²) in [6.07, 6.45) is 4.56. The molecule has 3 rings (SSSR count). The van der Waals surface area contributed by atoms with Crippen LogP contribution in [-0.2, 0) is 24.7 Å². The molecule has 128 valence electrons. The van der Waals surface area contributed by atoms with Crippen molar-refractivity contribution in [2.75, 3.05) is 18.2 Å². The molecule has 0 atom stereocenters. The van der Waals surface area contributed by atoms with Crippen LogP contribution in [0, 0.1) is 0 Å². The van der Waals surface area contributed by atoms with E-state index >= 15 is 0 Å². The predicted molar refractivity (Wildman–Crippen MR) is 96.8 cm³/mol. The molecular weight excluding hydrogens is 322 g/mol. The van der Waals surface area contributed by atoms with Crippen LogP contribution < -0.4 is 10.1 Å². The Bertz CT molecular complexity index is 710. The Hall–Kier alpha value is -1.95. The number of rotatable bonds is 7. The van der Waals surface area contributed by atoms with Crippen LogP contribution in [0.3, 0.4) is 0 Å². The standard InChI is InChI=1S/C18H23N3O2S/c1-21-18(15-5-3-6-16(15)20-21)19-17(22)7-4-12-24-14-10-8-13(23-2)9-11-14/h8-11H,3-7,12H2,1-2H3,(H,19,22). The average Bonchev–Trinajstić information content (AvgIpc) is 3.15. The van der Waals surface area contributed by atoms with Gasteiger partial charge in [-0.05, 0) is 55.7 Å². The number of carbonyl (C=O) groups excluding carboxylic acids is 1. The van der Waals surface area contributed by atoms with Crippen molar-refractivity contribution in [2.45, 2.75) is 37.0 Å². The lowest BCUT2D eigenvalue weighted by Gasteiger charge is -2.08. The van der Waals surface area contributed by atoms with E-state index < -0.39 is 0 Å². The Morgan fingerprint density at radius 2 is 2.12 bits per heavy atom. The molecule has 0 spiro atoms. The highest BCUT2D eigenvalue weighted by molar-refractivity contribution is 7.99. The molecule has 1 N–H and O–H groups in total. The molecular formula is C18H23N3O2S. The third kappa shape index (κ3) is 3.93. The van der Waals surface area contributed by atoms with Gasteiger partial charge in [-0.25, -0.2) is 0 Å². The van der Waals surface area contributed by atoms with Gasteiger partial charge >= 0.3 is 0 Å². The summed E-state index contributed by atoms with van der Waals surface area (Å²) < 4.78 is 6.95. The molecule has 0 fully saturated rings. The number of hydrogen-bond acceptors (Lipinski definition) is 4. The number of fused-ring (bicyclic) bond motifs is 1. The summed E-state index contributed by atoms with van der Waals surface area (Å²) in [5, 5.41) is 7.52. The van der Waals surface area contributed by atoms with Crippen molar-refractivity contribution in [3.63, 3.8) is 0 Å². The van der Waals surface area contributed by atoms with E-state index in [9.17, 15) is 4.79 Å². The Kier molecular flexibility index (Phi) is 5.45. The van der Waals surface area contributed by atoms with E-state index in [-0.39, 0.29) is 5.91 Å². The number of hydrogen-bond donors (Lipinski definition) is 1. The lowest BCUT2D eigenvalue weighted by molar-refractivity contribution is -0.116. The highest BCUT2D eigenvalue weighted by atomic mass is 32.2. The van der Waals surface area contributed by atoms with Crippen molar-refractivity contribution in [3.8, 4) is 5.75 Å². The van der Waals surface area contributed by atoms with Crippen molar-refractivity contribution < 1.29 is 9.53 Å². The predicted octanol–water partition coefficient (Wildman–Crippen LogP) is 3.43. The van der Waals surface area contributed by atoms with Crippen LogP contribution in [0.1, 0.15) is 30.5 Å². The van der Waals surface area contributed by atoms with E-state index in [2.05, 4.69) is 10.4 Å². The Balaban J connectivity index is 1.43. The van der Waals surface area contributed by atoms with Crippen LogP contribution >= 0.6 is 11.8 Å². The summed E-state index contributed by atoms with van der Waals surface area (Å²) in [5.41, 5.74) is 2.36. The number of thioether (sulfide) groups is 1. The first-order valence-electron chi connectivity index (χ1n) is 8.29. The molecule has 0 saturated heterocycles. The average molecular weight is 345 g/mol. The number of carbonyl (C=O) groups is 1. The van der Waals surface area contributed by atoms with Crippen LogP contribution in [0.15, 0.2) is 29.2 Å². The second kappa shape index (κ2) is 7.75. The maximum absolute atomic E-state index is 12.2. The molecule has 24 heavy (non-hydrogen) atoms. The molecule has 1 aliphatic carbocycles. The van der Waals surface area contributed by atoms with Gasteiger partial charge in [0.25, 0.3) is 0 Å². The third-order valence-corrected chi connectivity index (χ3v) is 5.30. The van der Waals surface area contributed by atoms with Gasteiger partial charge in [-0.2, -0.15) is 5.10 Å². The normalized spacial score (nSPS) is 12.9. The topological polar surface area (TPSA) is 56.1 Å². The van der Waals surface area contributed by atoms with Gasteiger partial charge in [0, 0.05) is 23.9 Å². The highest BCUT2D eigenvalue weighted by Gasteiger charge is 2.21. The van der Waals surface area contributed by atoms with Crippen LogP contribution in [-0.4, -0.2) is 28.6 Å². The van der Waals surface area contributed by atoms with Crippen molar-refractivity contribution in [1.82, 2.24) is 9.78 Å². The fraction of sp³-hybridized carbons (Fsp3) is 0.444. The van der Waals surface area contributed by atoms with Crippen molar-refractivity contribution in [1.29, 1.82) is 0 Å². The molecule has 1 aliphatic rings. The molecule has 6 heteroatoms. The van der Waals surface area contributed by atoms with Gasteiger partial charge in [-0.3, -0.25) is 9.48 Å². The molecule has 2 aromatic rings. The molecule has 1 aromatic carbocycles. The minimum Gasteiger partial charge on any atom is -0.497 e. The molecule has 1 aromatic heterocycles. The van der Waals surface area contributed by atoms with E-state index in [1.54, 1.807) is 23.6 Å². The molecule has 0 radical (unpaired) electrons. The lowest BCUT2D eigenvalue weighted by Crippen LogP contribution is -2.15. The summed E-state index contributed by atoms with van der Waals surface area (Å²) in [6.45, 7) is 0. The first-order chi connectivity index (χ1) is 11.7. The molecule has 0 aliphatic heterocycles. The maximum atomic E-state index is 12.2. The van der Waals surface area contributed by atoms with Crippen LogP contribution in [0.4, 0.5) is 5.82 Å². The lowest BCUT2D eigenvalue weighted by atomic mass is 10.2. The highest BCUT2D eigenvalue weighted by Crippen LogP contribution is 2.28. The van der Waals surface area contributed by atoms with Crippen molar-refractivity contribution >= 4 is 23.5 Å². The van der Waals surface area contributed by atoms with Gasteiger partial charge in [-0.1, -0.05) is 0 Å².